The summed E-state index contributed by atoms with van der Waals surface area (Å²) >= 11 is 0. The Morgan fingerprint density at radius 2 is 2.05 bits per heavy atom. The van der Waals surface area contributed by atoms with Crippen LogP contribution in [-0.4, -0.2) is 22.6 Å². The number of allylic oxidation sites excluding steroid dienone is 2. The second kappa shape index (κ2) is 4.61. The van der Waals surface area contributed by atoms with Crippen LogP contribution in [0.25, 0.3) is 0 Å². The molecule has 0 saturated carbocycles. The number of fused-ring (bicyclic) bond motifs is 2. The maximum Gasteiger partial charge on any atom is 0.248 e. The molecule has 0 bridgehead atoms. The first-order valence-electron chi connectivity index (χ1n) is 6.73. The molecule has 0 saturated heterocycles. The van der Waals surface area contributed by atoms with Crippen molar-refractivity contribution in [1.82, 2.24) is 4.98 Å². The van der Waals surface area contributed by atoms with Gasteiger partial charge in [0.15, 0.2) is 11.8 Å². The fourth-order valence-corrected chi connectivity index (χ4v) is 2.87. The second-order valence-electron chi connectivity index (χ2n) is 5.27. The molecule has 3 rings (SSSR count). The number of aryl methyl sites for hydroxylation is 1. The zero-order valence-electron chi connectivity index (χ0n) is 11.6. The van der Waals surface area contributed by atoms with Gasteiger partial charge in [0, 0.05) is 11.6 Å². The molecule has 2 heterocycles. The number of pyridine rings is 1. The number of carbonyl (C=O) groups excluding carboxylic acids is 2. The highest BCUT2D eigenvalue weighted by molar-refractivity contribution is 6.24. The van der Waals surface area contributed by atoms with Gasteiger partial charge in [0.05, 0.1) is 17.3 Å². The summed E-state index contributed by atoms with van der Waals surface area (Å²) in [5.74, 6) is -0.858. The maximum absolute atomic E-state index is 12.6. The van der Waals surface area contributed by atoms with Crippen molar-refractivity contribution >= 4 is 11.6 Å². The summed E-state index contributed by atoms with van der Waals surface area (Å²) in [7, 11) is 0. The molecule has 1 aromatic heterocycles. The van der Waals surface area contributed by atoms with E-state index >= 15 is 0 Å². The molecule has 108 valence electrons. The number of quaternary nitrogens is 1. The number of hydrogen-bond donors (Lipinski definition) is 2. The quantitative estimate of drug-likeness (QED) is 0.713. The Bertz CT molecular complexity index is 785. The van der Waals surface area contributed by atoms with Crippen molar-refractivity contribution in [2.45, 2.75) is 26.3 Å². The van der Waals surface area contributed by atoms with E-state index in [9.17, 15) is 19.6 Å². The number of aromatic nitrogens is 1. The lowest BCUT2D eigenvalue weighted by Crippen LogP contribution is -3.09. The predicted molar refractivity (Wildman–Crippen MR) is 75.0 cm³/mol. The molecule has 2 aliphatic rings. The molecule has 0 fully saturated rings. The molecule has 1 aliphatic carbocycles. The summed E-state index contributed by atoms with van der Waals surface area (Å²) in [4.78, 5) is 39.0. The van der Waals surface area contributed by atoms with Crippen LogP contribution in [0.15, 0.2) is 34.3 Å². The first kappa shape index (κ1) is 13.7. The summed E-state index contributed by atoms with van der Waals surface area (Å²) in [6.45, 7) is 3.49. The van der Waals surface area contributed by atoms with Gasteiger partial charge >= 0.3 is 0 Å². The number of ketones is 2. The molecule has 1 aliphatic heterocycles. The van der Waals surface area contributed by atoms with Gasteiger partial charge in [0.1, 0.15) is 5.69 Å². The van der Waals surface area contributed by atoms with Gasteiger partial charge in [-0.25, -0.2) is 0 Å². The number of aromatic amines is 1. The molecule has 0 aromatic carbocycles. The van der Waals surface area contributed by atoms with Crippen LogP contribution in [0.2, 0.25) is 0 Å². The number of Topliss-reactive ketones (excluding diaryl/α,β-unsaturated/α-hetero) is 2. The van der Waals surface area contributed by atoms with Gasteiger partial charge in [-0.3, -0.25) is 14.4 Å². The SMILES string of the molecule is CCC1=C[NH+]([O-])C2C(=O)c3[nH]c(=O)cc(C)c3C(=O)C2=C1. The second-order valence-corrected chi connectivity index (χ2v) is 5.27. The lowest BCUT2D eigenvalue weighted by Gasteiger charge is -2.35. The van der Waals surface area contributed by atoms with Crippen molar-refractivity contribution in [1.29, 1.82) is 0 Å². The van der Waals surface area contributed by atoms with Gasteiger partial charge in [0.25, 0.3) is 0 Å². The van der Waals surface area contributed by atoms with Crippen LogP contribution in [0.1, 0.15) is 39.8 Å². The summed E-state index contributed by atoms with van der Waals surface area (Å²) in [6, 6.07) is 0.171. The minimum Gasteiger partial charge on any atom is -0.628 e. The Hall–Kier alpha value is -2.31. The fraction of sp³-hybridized carbons (Fsp3) is 0.267. The van der Waals surface area contributed by atoms with Crippen molar-refractivity contribution in [3.63, 3.8) is 0 Å². The third-order valence-corrected chi connectivity index (χ3v) is 3.91. The van der Waals surface area contributed by atoms with E-state index in [0.717, 1.165) is 5.57 Å². The minimum absolute atomic E-state index is 0.0474. The number of H-pyrrole nitrogens is 1. The standard InChI is InChI=1S/C15H14N2O4/c1-3-8-5-9-13(17(21)6-8)15(20)12-11(14(9)19)7(2)4-10(18)16-12/h4-6,13,17H,3H2,1-2H3,(H,16,18). The molecule has 0 radical (unpaired) electrons. The van der Waals surface area contributed by atoms with Gasteiger partial charge in [-0.2, -0.15) is 0 Å². The largest absolute Gasteiger partial charge is 0.628 e. The van der Waals surface area contributed by atoms with Gasteiger partial charge in [-0.1, -0.05) is 6.92 Å². The fourth-order valence-electron chi connectivity index (χ4n) is 2.87. The van der Waals surface area contributed by atoms with Gasteiger partial charge in [-0.05, 0) is 25.0 Å². The average Bonchev–Trinajstić information content (AvgIpc) is 2.43. The third-order valence-electron chi connectivity index (χ3n) is 3.91. The molecule has 21 heavy (non-hydrogen) atoms. The molecule has 1 aromatic rings. The van der Waals surface area contributed by atoms with Crippen molar-refractivity contribution in [2.75, 3.05) is 0 Å². The molecular formula is C15H14N2O4. The smallest absolute Gasteiger partial charge is 0.248 e. The Kier molecular flexibility index (Phi) is 3.00. The van der Waals surface area contributed by atoms with E-state index in [0.29, 0.717) is 12.0 Å². The molecule has 0 spiro atoms. The lowest BCUT2D eigenvalue weighted by atomic mass is 9.81. The Morgan fingerprint density at radius 3 is 2.71 bits per heavy atom. The van der Waals surface area contributed by atoms with Crippen LogP contribution < -0.4 is 10.6 Å². The van der Waals surface area contributed by atoms with Crippen molar-refractivity contribution in [2.24, 2.45) is 0 Å². The molecule has 6 nitrogen and oxygen atoms in total. The normalized spacial score (nSPS) is 24.1. The van der Waals surface area contributed by atoms with E-state index in [4.69, 9.17) is 0 Å². The van der Waals surface area contributed by atoms with E-state index in [2.05, 4.69) is 4.98 Å². The molecule has 6 heteroatoms. The van der Waals surface area contributed by atoms with Gasteiger partial charge < -0.3 is 15.3 Å². The first-order valence-corrected chi connectivity index (χ1v) is 6.73. The summed E-state index contributed by atoms with van der Waals surface area (Å²) < 4.78 is 0. The van der Waals surface area contributed by atoms with Crippen LogP contribution in [0, 0.1) is 12.1 Å². The number of rotatable bonds is 1. The summed E-state index contributed by atoms with van der Waals surface area (Å²) in [5, 5.41) is 11.8. The predicted octanol–water partition coefficient (Wildman–Crippen LogP) is 0.0475. The van der Waals surface area contributed by atoms with Crippen LogP contribution >= 0.6 is 0 Å². The van der Waals surface area contributed by atoms with Gasteiger partial charge in [-0.15, -0.1) is 0 Å². The molecule has 2 unspecified atom stereocenters. The van der Waals surface area contributed by atoms with Crippen molar-refractivity contribution in [3.8, 4) is 0 Å². The highest BCUT2D eigenvalue weighted by atomic mass is 16.5. The highest BCUT2D eigenvalue weighted by Crippen LogP contribution is 2.27. The molecule has 0 amide bonds. The minimum atomic E-state index is -1.11. The zero-order chi connectivity index (χ0) is 15.3. The van der Waals surface area contributed by atoms with Crippen LogP contribution in [-0.2, 0) is 0 Å². The van der Waals surface area contributed by atoms with Crippen molar-refractivity contribution in [3.05, 3.63) is 61.9 Å². The van der Waals surface area contributed by atoms with E-state index in [1.165, 1.54) is 12.3 Å². The number of hydroxylamine groups is 2. The van der Waals surface area contributed by atoms with Crippen LogP contribution in [0.5, 0.6) is 0 Å². The Labute approximate surface area is 120 Å². The van der Waals surface area contributed by atoms with Gasteiger partial charge in [0.2, 0.25) is 11.3 Å². The number of nitrogens with one attached hydrogen (secondary N) is 2. The van der Waals surface area contributed by atoms with Crippen molar-refractivity contribution < 1.29 is 14.7 Å². The monoisotopic (exact) mass is 286 g/mol. The summed E-state index contributed by atoms with van der Waals surface area (Å²) in [6.07, 6.45) is 3.64. The zero-order valence-corrected chi connectivity index (χ0v) is 11.6. The lowest BCUT2D eigenvalue weighted by molar-refractivity contribution is -0.803. The number of hydrogen-bond acceptors (Lipinski definition) is 4. The van der Waals surface area contributed by atoms with E-state index in [1.54, 1.807) is 13.0 Å². The maximum atomic E-state index is 12.6. The highest BCUT2D eigenvalue weighted by Gasteiger charge is 2.44. The van der Waals surface area contributed by atoms with Crippen LogP contribution in [0.3, 0.4) is 0 Å². The van der Waals surface area contributed by atoms with Crippen LogP contribution in [0.4, 0.5) is 0 Å². The van der Waals surface area contributed by atoms with E-state index in [1.807, 2.05) is 6.92 Å². The van der Waals surface area contributed by atoms with E-state index < -0.39 is 22.4 Å². The molecular weight excluding hydrogens is 272 g/mol. The average molecular weight is 286 g/mol. The third kappa shape index (κ3) is 1.91. The molecule has 2 N–H and O–H groups in total. The summed E-state index contributed by atoms with van der Waals surface area (Å²) in [5.41, 5.74) is 1.10. The Morgan fingerprint density at radius 1 is 1.33 bits per heavy atom. The Balaban J connectivity index is 2.27. The molecule has 2 atom stereocenters. The first-order chi connectivity index (χ1) is 9.93. The number of carbonyl (C=O) groups is 2. The van der Waals surface area contributed by atoms with E-state index in [-0.39, 0.29) is 22.6 Å². The topological polar surface area (TPSA) is 94.5 Å².